The molecule has 0 radical (unpaired) electrons. The van der Waals surface area contributed by atoms with E-state index in [1.165, 1.54) is 4.57 Å². The minimum atomic E-state index is -0.196. The minimum Gasteiger partial charge on any atom is -0.340 e. The van der Waals surface area contributed by atoms with Crippen molar-refractivity contribution < 1.29 is 0 Å². The number of H-pyrrole nitrogens is 2. The monoisotopic (exact) mass is 462 g/mol. The highest BCUT2D eigenvalue weighted by Crippen LogP contribution is 2.15. The van der Waals surface area contributed by atoms with Crippen LogP contribution in [-0.4, -0.2) is 40.6 Å². The first-order valence-corrected chi connectivity index (χ1v) is 12.7. The smallest absolute Gasteiger partial charge is 0.331 e. The van der Waals surface area contributed by atoms with Crippen LogP contribution in [0.15, 0.2) is 50.8 Å². The van der Waals surface area contributed by atoms with Crippen LogP contribution in [0, 0.1) is 6.92 Å². The number of aromatic nitrogens is 6. The molecule has 0 aliphatic heterocycles. The van der Waals surface area contributed by atoms with Gasteiger partial charge in [-0.1, -0.05) is 36.4 Å². The molecule has 3 aromatic rings. The molecule has 2 N–H and O–H groups in total. The normalized spacial score (nSPS) is 11.3. The van der Waals surface area contributed by atoms with Crippen molar-refractivity contribution >= 4 is 23.5 Å². The molecule has 0 atom stereocenters. The lowest BCUT2D eigenvalue weighted by Gasteiger charge is -2.13. The van der Waals surface area contributed by atoms with Crippen molar-refractivity contribution in [2.75, 3.05) is 11.5 Å². The summed E-state index contributed by atoms with van der Waals surface area (Å²) in [6.45, 7) is 2.96. The molecule has 0 bridgehead atoms. The first kappa shape index (κ1) is 23.5. The molecule has 0 saturated heterocycles. The number of nitrogens with one attached hydrogen (secondary N) is 2. The molecule has 3 rings (SSSR count). The van der Waals surface area contributed by atoms with Crippen molar-refractivity contribution in [3.8, 4) is 0 Å². The Hall–Kier alpha value is -2.20. The van der Waals surface area contributed by atoms with Gasteiger partial charge in [0.1, 0.15) is 0 Å². The predicted octanol–water partition coefficient (Wildman–Crippen LogP) is 3.69. The number of thioether (sulfide) groups is 2. The third kappa shape index (κ3) is 7.46. The maximum atomic E-state index is 12.9. The van der Waals surface area contributed by atoms with Crippen LogP contribution in [-0.2, 0) is 13.1 Å². The van der Waals surface area contributed by atoms with E-state index < -0.39 is 0 Å². The molecule has 0 spiro atoms. The summed E-state index contributed by atoms with van der Waals surface area (Å²) in [5.74, 6) is 1.97. The lowest BCUT2D eigenvalue weighted by molar-refractivity contribution is 0.497. The fourth-order valence-electron chi connectivity index (χ4n) is 3.30. The number of hydrogen-bond donors (Lipinski definition) is 2. The highest BCUT2D eigenvalue weighted by atomic mass is 32.2. The quantitative estimate of drug-likeness (QED) is 0.280. The Labute approximate surface area is 190 Å². The van der Waals surface area contributed by atoms with Gasteiger partial charge in [-0.05, 0) is 32.6 Å². The van der Waals surface area contributed by atoms with Crippen molar-refractivity contribution in [1.29, 1.82) is 0 Å². The molecule has 0 aliphatic rings. The fraction of sp³-hybridized carbons (Fsp3) is 0.524. The summed E-state index contributed by atoms with van der Waals surface area (Å²) in [6, 6.07) is 1.58. The first-order chi connectivity index (χ1) is 15.1. The average Bonchev–Trinajstić information content (AvgIpc) is 3.45. The van der Waals surface area contributed by atoms with Gasteiger partial charge >= 0.3 is 5.69 Å². The topological polar surface area (TPSA) is 101 Å². The van der Waals surface area contributed by atoms with Crippen molar-refractivity contribution in [3.05, 3.63) is 57.4 Å². The summed E-state index contributed by atoms with van der Waals surface area (Å²) in [7, 11) is 0. The predicted molar refractivity (Wildman–Crippen MR) is 126 cm³/mol. The molecule has 0 amide bonds. The maximum absolute atomic E-state index is 12.9. The van der Waals surface area contributed by atoms with E-state index in [2.05, 4.69) is 19.9 Å². The van der Waals surface area contributed by atoms with Gasteiger partial charge in [0.2, 0.25) is 0 Å². The molecule has 0 unspecified atom stereocenters. The van der Waals surface area contributed by atoms with Gasteiger partial charge in [-0.2, -0.15) is 0 Å². The van der Waals surface area contributed by atoms with Crippen LogP contribution in [0.5, 0.6) is 0 Å². The third-order valence-corrected chi connectivity index (χ3v) is 6.94. The Morgan fingerprint density at radius 1 is 0.806 bits per heavy atom. The first-order valence-electron chi connectivity index (χ1n) is 10.7. The van der Waals surface area contributed by atoms with Gasteiger partial charge in [0.25, 0.3) is 5.56 Å². The van der Waals surface area contributed by atoms with Crippen molar-refractivity contribution in [3.63, 3.8) is 0 Å². The number of unbranched alkanes of at least 4 members (excludes halogenated alkanes) is 4. The molecular formula is C21H30N6O2S2. The fourth-order valence-corrected chi connectivity index (χ4v) is 4.96. The van der Waals surface area contributed by atoms with Gasteiger partial charge in [0.05, 0.1) is 0 Å². The lowest BCUT2D eigenvalue weighted by atomic mass is 10.2. The van der Waals surface area contributed by atoms with Gasteiger partial charge in [-0.15, -0.1) is 0 Å². The zero-order valence-corrected chi connectivity index (χ0v) is 19.5. The summed E-state index contributed by atoms with van der Waals surface area (Å²) < 4.78 is 3.13. The Balaban J connectivity index is 1.40. The zero-order chi connectivity index (χ0) is 21.9. The summed E-state index contributed by atoms with van der Waals surface area (Å²) in [5.41, 5.74) is 0.365. The van der Waals surface area contributed by atoms with Gasteiger partial charge < -0.3 is 9.97 Å². The van der Waals surface area contributed by atoms with E-state index in [1.54, 1.807) is 46.6 Å². The summed E-state index contributed by atoms with van der Waals surface area (Å²) in [6.07, 6.45) is 13.0. The van der Waals surface area contributed by atoms with E-state index in [-0.39, 0.29) is 11.2 Å². The van der Waals surface area contributed by atoms with Gasteiger partial charge in [-0.25, -0.2) is 14.8 Å². The summed E-state index contributed by atoms with van der Waals surface area (Å²) >= 11 is 3.40. The van der Waals surface area contributed by atoms with Crippen molar-refractivity contribution in [2.24, 2.45) is 0 Å². The molecule has 0 aliphatic carbocycles. The van der Waals surface area contributed by atoms with Gasteiger partial charge in [0.15, 0.2) is 10.3 Å². The van der Waals surface area contributed by atoms with Crippen molar-refractivity contribution in [1.82, 2.24) is 29.1 Å². The molecule has 8 nitrogen and oxygen atoms in total. The number of imidazole rings is 2. The molecule has 31 heavy (non-hydrogen) atoms. The molecule has 0 fully saturated rings. The van der Waals surface area contributed by atoms with Crippen LogP contribution in [0.1, 0.15) is 44.2 Å². The SMILES string of the molecule is Cc1cc(=O)n(CCCCCSc2ncc[nH]2)c(=O)n1CCCCCSc1ncc[nH]1. The number of aryl methyl sites for hydroxylation is 1. The largest absolute Gasteiger partial charge is 0.340 e. The third-order valence-electron chi connectivity index (χ3n) is 4.96. The number of nitrogens with zero attached hydrogens (tertiary/aromatic N) is 4. The second kappa shape index (κ2) is 12.6. The zero-order valence-electron chi connectivity index (χ0n) is 17.9. The van der Waals surface area contributed by atoms with E-state index >= 15 is 0 Å². The van der Waals surface area contributed by atoms with Crippen LogP contribution >= 0.6 is 23.5 Å². The van der Waals surface area contributed by atoms with Gasteiger partial charge in [0, 0.05) is 61.1 Å². The molecule has 10 heteroatoms. The Bertz CT molecular complexity index is 1010. The van der Waals surface area contributed by atoms with E-state index in [1.807, 2.05) is 19.3 Å². The van der Waals surface area contributed by atoms with E-state index in [4.69, 9.17) is 0 Å². The molecule has 0 saturated carbocycles. The maximum Gasteiger partial charge on any atom is 0.331 e. The van der Waals surface area contributed by atoms with E-state index in [0.29, 0.717) is 13.1 Å². The standard InChI is InChI=1S/C21H30N6O2S2/c1-17-16-18(28)27(13-5-3-7-15-31-20-24-10-11-25-20)21(29)26(17)12-4-2-6-14-30-19-22-8-9-23-19/h8-11,16H,2-7,12-15H2,1H3,(H,22,23)(H,24,25). The van der Waals surface area contributed by atoms with Gasteiger partial charge in [-0.3, -0.25) is 13.9 Å². The van der Waals surface area contributed by atoms with Crippen LogP contribution in [0.3, 0.4) is 0 Å². The second-order valence-corrected chi connectivity index (χ2v) is 9.48. The average molecular weight is 463 g/mol. The van der Waals surface area contributed by atoms with Crippen LogP contribution in [0.2, 0.25) is 0 Å². The second-order valence-electron chi connectivity index (χ2n) is 7.32. The van der Waals surface area contributed by atoms with Crippen LogP contribution < -0.4 is 11.2 Å². The van der Waals surface area contributed by atoms with Crippen LogP contribution in [0.25, 0.3) is 0 Å². The molecule has 0 aromatic carbocycles. The highest BCUT2D eigenvalue weighted by molar-refractivity contribution is 7.99. The minimum absolute atomic E-state index is 0.181. The van der Waals surface area contributed by atoms with E-state index in [9.17, 15) is 9.59 Å². The van der Waals surface area contributed by atoms with Crippen LogP contribution in [0.4, 0.5) is 0 Å². The molecule has 3 heterocycles. The lowest BCUT2D eigenvalue weighted by Crippen LogP contribution is -2.40. The number of hydrogen-bond acceptors (Lipinski definition) is 6. The number of rotatable bonds is 14. The summed E-state index contributed by atoms with van der Waals surface area (Å²) in [4.78, 5) is 39.7. The summed E-state index contributed by atoms with van der Waals surface area (Å²) in [5, 5.41) is 1.87. The Kier molecular flexibility index (Phi) is 9.54. The molecule has 3 aromatic heterocycles. The highest BCUT2D eigenvalue weighted by Gasteiger charge is 2.09. The van der Waals surface area contributed by atoms with E-state index in [0.717, 1.165) is 66.0 Å². The molecule has 168 valence electrons. The van der Waals surface area contributed by atoms with Crippen molar-refractivity contribution in [2.45, 2.75) is 68.9 Å². The number of aromatic amines is 2. The molecular weight excluding hydrogens is 432 g/mol. The Morgan fingerprint density at radius 2 is 1.35 bits per heavy atom. The Morgan fingerprint density at radius 3 is 1.87 bits per heavy atom.